The molecule has 0 spiro atoms. The molecule has 0 aliphatic heterocycles. The number of anilines is 1. The van der Waals surface area contributed by atoms with E-state index in [2.05, 4.69) is 11.9 Å². The first-order valence-corrected chi connectivity index (χ1v) is 4.11. The first-order chi connectivity index (χ1) is 7.45. The van der Waals surface area contributed by atoms with Crippen molar-refractivity contribution >= 4 is 17.6 Å². The second-order valence-electron chi connectivity index (χ2n) is 2.81. The quantitative estimate of drug-likeness (QED) is 0.773. The Balaban J connectivity index is 3.24. The summed E-state index contributed by atoms with van der Waals surface area (Å²) in [6.07, 6.45) is 0.882. The van der Waals surface area contributed by atoms with E-state index in [0.29, 0.717) is 12.1 Å². The van der Waals surface area contributed by atoms with E-state index in [0.717, 1.165) is 6.08 Å². The van der Waals surface area contributed by atoms with Gasteiger partial charge in [-0.2, -0.15) is 0 Å². The second-order valence-corrected chi connectivity index (χ2v) is 2.81. The minimum atomic E-state index is -1.47. The van der Waals surface area contributed by atoms with Crippen molar-refractivity contribution < 1.29 is 23.5 Å². The third-order valence-electron chi connectivity index (χ3n) is 1.73. The molecule has 16 heavy (non-hydrogen) atoms. The average Bonchev–Trinajstić information content (AvgIpc) is 2.22. The highest BCUT2D eigenvalue weighted by Crippen LogP contribution is 2.20. The maximum absolute atomic E-state index is 12.8. The molecule has 0 saturated heterocycles. The number of aromatic carboxylic acids is 1. The molecule has 0 aromatic heterocycles. The number of carbonyl (C=O) groups excluding carboxylic acids is 1. The number of carboxylic acid groups (broad SMARTS) is 1. The minimum Gasteiger partial charge on any atom is -0.478 e. The van der Waals surface area contributed by atoms with Gasteiger partial charge in [0.25, 0.3) is 0 Å². The molecular weight excluding hydrogens is 220 g/mol. The number of halogens is 2. The molecule has 1 aromatic rings. The molecule has 0 radical (unpaired) electrons. The lowest BCUT2D eigenvalue weighted by molar-refractivity contribution is -0.111. The molecule has 6 heteroatoms. The van der Waals surface area contributed by atoms with Crippen LogP contribution in [0.4, 0.5) is 14.5 Å². The van der Waals surface area contributed by atoms with Crippen molar-refractivity contribution in [2.45, 2.75) is 0 Å². The number of amides is 1. The van der Waals surface area contributed by atoms with Crippen LogP contribution in [0.1, 0.15) is 10.4 Å². The summed E-state index contributed by atoms with van der Waals surface area (Å²) in [7, 11) is 0. The Morgan fingerprint density at radius 2 is 1.88 bits per heavy atom. The van der Waals surface area contributed by atoms with Gasteiger partial charge in [0, 0.05) is 6.07 Å². The summed E-state index contributed by atoms with van der Waals surface area (Å²) < 4.78 is 25.6. The lowest BCUT2D eigenvalue weighted by Gasteiger charge is -2.07. The predicted molar refractivity (Wildman–Crippen MR) is 52.1 cm³/mol. The zero-order chi connectivity index (χ0) is 12.3. The number of hydrogen-bond acceptors (Lipinski definition) is 2. The summed E-state index contributed by atoms with van der Waals surface area (Å²) >= 11 is 0. The molecular formula is C10H7F2NO3. The standard InChI is InChI=1S/C10H7F2NO3/c1-2-9(14)13-8-4-7(12)6(11)3-5(8)10(15)16/h2-4H,1H2,(H,13,14)(H,15,16). The van der Waals surface area contributed by atoms with Gasteiger partial charge in [0.1, 0.15) is 0 Å². The van der Waals surface area contributed by atoms with Crippen molar-refractivity contribution in [3.63, 3.8) is 0 Å². The Bertz CT molecular complexity index is 471. The van der Waals surface area contributed by atoms with Crippen molar-refractivity contribution in [2.75, 3.05) is 5.32 Å². The highest BCUT2D eigenvalue weighted by molar-refractivity contribution is 6.04. The monoisotopic (exact) mass is 227 g/mol. The van der Waals surface area contributed by atoms with E-state index in [1.165, 1.54) is 0 Å². The SMILES string of the molecule is C=CC(=O)Nc1cc(F)c(F)cc1C(=O)O. The van der Waals surface area contributed by atoms with Gasteiger partial charge in [0.05, 0.1) is 11.3 Å². The highest BCUT2D eigenvalue weighted by atomic mass is 19.2. The van der Waals surface area contributed by atoms with E-state index in [4.69, 9.17) is 5.11 Å². The van der Waals surface area contributed by atoms with E-state index >= 15 is 0 Å². The molecule has 0 heterocycles. The lowest BCUT2D eigenvalue weighted by Crippen LogP contribution is -2.12. The van der Waals surface area contributed by atoms with Gasteiger partial charge in [-0.25, -0.2) is 13.6 Å². The average molecular weight is 227 g/mol. The van der Waals surface area contributed by atoms with Gasteiger partial charge in [-0.05, 0) is 12.1 Å². The van der Waals surface area contributed by atoms with Crippen LogP contribution in [-0.2, 0) is 4.79 Å². The number of nitrogens with one attached hydrogen (secondary N) is 1. The molecule has 84 valence electrons. The van der Waals surface area contributed by atoms with E-state index in [9.17, 15) is 18.4 Å². The molecule has 0 aliphatic carbocycles. The zero-order valence-electron chi connectivity index (χ0n) is 7.96. The van der Waals surface area contributed by atoms with Crippen LogP contribution in [0.2, 0.25) is 0 Å². The molecule has 4 nitrogen and oxygen atoms in total. The van der Waals surface area contributed by atoms with Gasteiger partial charge in [-0.3, -0.25) is 4.79 Å². The largest absolute Gasteiger partial charge is 0.478 e. The first-order valence-electron chi connectivity index (χ1n) is 4.11. The summed E-state index contributed by atoms with van der Waals surface area (Å²) in [5.41, 5.74) is -0.856. The normalized spacial score (nSPS) is 9.62. The first kappa shape index (κ1) is 11.8. The zero-order valence-corrected chi connectivity index (χ0v) is 7.96. The van der Waals surface area contributed by atoms with Crippen LogP contribution in [0.25, 0.3) is 0 Å². The van der Waals surface area contributed by atoms with Gasteiger partial charge in [0.15, 0.2) is 11.6 Å². The highest BCUT2D eigenvalue weighted by Gasteiger charge is 2.16. The van der Waals surface area contributed by atoms with Crippen LogP contribution in [-0.4, -0.2) is 17.0 Å². The summed E-state index contributed by atoms with van der Waals surface area (Å²) in [5, 5.41) is 10.8. The summed E-state index contributed by atoms with van der Waals surface area (Å²) in [6.45, 7) is 3.14. The van der Waals surface area contributed by atoms with Crippen molar-refractivity contribution in [3.05, 3.63) is 42.0 Å². The number of carbonyl (C=O) groups is 2. The fourth-order valence-corrected chi connectivity index (χ4v) is 1.01. The van der Waals surface area contributed by atoms with Crippen LogP contribution in [0.5, 0.6) is 0 Å². The molecule has 0 unspecified atom stereocenters. The Morgan fingerprint density at radius 1 is 1.31 bits per heavy atom. The maximum Gasteiger partial charge on any atom is 0.337 e. The van der Waals surface area contributed by atoms with Crippen LogP contribution in [0.3, 0.4) is 0 Å². The third-order valence-corrected chi connectivity index (χ3v) is 1.73. The molecule has 0 saturated carbocycles. The molecule has 1 amide bonds. The minimum absolute atomic E-state index is 0.323. The van der Waals surface area contributed by atoms with Crippen molar-refractivity contribution in [1.82, 2.24) is 0 Å². The molecule has 1 aromatic carbocycles. The fraction of sp³-hybridized carbons (Fsp3) is 0. The molecule has 0 aliphatic rings. The Labute approximate surface area is 89.2 Å². The fourth-order valence-electron chi connectivity index (χ4n) is 1.01. The summed E-state index contributed by atoms with van der Waals surface area (Å²) in [5.74, 6) is -4.73. The van der Waals surface area contributed by atoms with Crippen molar-refractivity contribution in [1.29, 1.82) is 0 Å². The Kier molecular flexibility index (Phi) is 3.34. The number of benzene rings is 1. The van der Waals surface area contributed by atoms with Gasteiger partial charge in [0.2, 0.25) is 5.91 Å². The topological polar surface area (TPSA) is 66.4 Å². The molecule has 0 fully saturated rings. The van der Waals surface area contributed by atoms with Crippen LogP contribution >= 0.6 is 0 Å². The number of rotatable bonds is 3. The van der Waals surface area contributed by atoms with Crippen LogP contribution < -0.4 is 5.32 Å². The molecule has 0 bridgehead atoms. The summed E-state index contributed by atoms with van der Waals surface area (Å²) in [4.78, 5) is 21.6. The molecule has 0 atom stereocenters. The number of carboxylic acids is 1. The van der Waals surface area contributed by atoms with Gasteiger partial charge < -0.3 is 10.4 Å². The number of hydrogen-bond donors (Lipinski definition) is 2. The van der Waals surface area contributed by atoms with E-state index in [1.807, 2.05) is 0 Å². The van der Waals surface area contributed by atoms with Gasteiger partial charge in [-0.1, -0.05) is 6.58 Å². The van der Waals surface area contributed by atoms with E-state index in [1.54, 1.807) is 0 Å². The predicted octanol–water partition coefficient (Wildman–Crippen LogP) is 1.79. The van der Waals surface area contributed by atoms with Gasteiger partial charge >= 0.3 is 5.97 Å². The van der Waals surface area contributed by atoms with Crippen LogP contribution in [0, 0.1) is 11.6 Å². The molecule has 1 rings (SSSR count). The smallest absolute Gasteiger partial charge is 0.337 e. The third kappa shape index (κ3) is 2.41. The maximum atomic E-state index is 12.8. The Hall–Kier alpha value is -2.24. The molecule has 2 N–H and O–H groups in total. The van der Waals surface area contributed by atoms with Gasteiger partial charge in [-0.15, -0.1) is 0 Å². The summed E-state index contributed by atoms with van der Waals surface area (Å²) in [6, 6.07) is 1.09. The van der Waals surface area contributed by atoms with E-state index < -0.39 is 29.1 Å². The van der Waals surface area contributed by atoms with Crippen molar-refractivity contribution in [2.24, 2.45) is 0 Å². The lowest BCUT2D eigenvalue weighted by atomic mass is 10.1. The Morgan fingerprint density at radius 3 is 2.38 bits per heavy atom. The van der Waals surface area contributed by atoms with Crippen LogP contribution in [0.15, 0.2) is 24.8 Å². The van der Waals surface area contributed by atoms with E-state index in [-0.39, 0.29) is 5.69 Å². The second kappa shape index (κ2) is 4.52. The van der Waals surface area contributed by atoms with Crippen molar-refractivity contribution in [3.8, 4) is 0 Å².